The Kier molecular flexibility index (Phi) is 5.32. The van der Waals surface area contributed by atoms with E-state index in [1.165, 1.54) is 12.8 Å². The summed E-state index contributed by atoms with van der Waals surface area (Å²) in [6, 6.07) is 0. The molecule has 0 unspecified atom stereocenters. The highest BCUT2D eigenvalue weighted by atomic mass is 35.5. The lowest BCUT2D eigenvalue weighted by Gasteiger charge is -2.29. The Morgan fingerprint density at radius 2 is 2.00 bits per heavy atom. The van der Waals surface area contributed by atoms with Crippen molar-refractivity contribution >= 4 is 21.6 Å². The highest BCUT2D eigenvalue weighted by Crippen LogP contribution is 2.15. The van der Waals surface area contributed by atoms with E-state index in [4.69, 9.17) is 11.6 Å². The van der Waals surface area contributed by atoms with Crippen LogP contribution in [0.15, 0.2) is 0 Å². The van der Waals surface area contributed by atoms with E-state index in [0.717, 1.165) is 25.6 Å². The van der Waals surface area contributed by atoms with Crippen molar-refractivity contribution in [1.29, 1.82) is 0 Å². The molecule has 6 heteroatoms. The highest BCUT2D eigenvalue weighted by Gasteiger charge is 2.15. The van der Waals surface area contributed by atoms with Gasteiger partial charge in [0.15, 0.2) is 0 Å². The maximum absolute atomic E-state index is 11.0. The molecule has 15 heavy (non-hydrogen) atoms. The number of hydrogen-bond donors (Lipinski definition) is 1. The molecule has 1 fully saturated rings. The van der Waals surface area contributed by atoms with Gasteiger partial charge in [-0.25, -0.2) is 13.1 Å². The normalized spacial score (nSPS) is 20.7. The van der Waals surface area contributed by atoms with Gasteiger partial charge in [-0.1, -0.05) is 6.92 Å². The van der Waals surface area contributed by atoms with Gasteiger partial charge in [0, 0.05) is 13.1 Å². The van der Waals surface area contributed by atoms with Crippen molar-refractivity contribution in [2.24, 2.45) is 5.92 Å². The van der Waals surface area contributed by atoms with Gasteiger partial charge in [0.1, 0.15) is 5.21 Å². The predicted octanol–water partition coefficient (Wildman–Crippen LogP) is 0.834. The van der Waals surface area contributed by atoms with E-state index in [1.807, 2.05) is 0 Å². The molecule has 0 aromatic rings. The molecule has 90 valence electrons. The van der Waals surface area contributed by atoms with E-state index >= 15 is 0 Å². The zero-order valence-corrected chi connectivity index (χ0v) is 10.6. The summed E-state index contributed by atoms with van der Waals surface area (Å²) in [5.41, 5.74) is 0. The second-order valence-corrected chi connectivity index (χ2v) is 6.53. The van der Waals surface area contributed by atoms with Crippen LogP contribution in [0.3, 0.4) is 0 Å². The highest BCUT2D eigenvalue weighted by molar-refractivity contribution is 7.90. The van der Waals surface area contributed by atoms with Gasteiger partial charge < -0.3 is 4.90 Å². The molecule has 0 aliphatic carbocycles. The lowest BCUT2D eigenvalue weighted by Crippen LogP contribution is -2.39. The van der Waals surface area contributed by atoms with Gasteiger partial charge in [0.25, 0.3) is 0 Å². The second kappa shape index (κ2) is 6.03. The summed E-state index contributed by atoms with van der Waals surface area (Å²) >= 11 is 5.27. The molecular weight excluding hydrogens is 236 g/mol. The smallest absolute Gasteiger partial charge is 0.225 e. The number of sulfonamides is 1. The summed E-state index contributed by atoms with van der Waals surface area (Å²) in [7, 11) is -3.24. The first kappa shape index (κ1) is 13.2. The molecule has 0 amide bonds. The maximum atomic E-state index is 11.0. The first-order chi connectivity index (χ1) is 7.03. The lowest BCUT2D eigenvalue weighted by atomic mass is 9.99. The standard InChI is InChI=1S/C9H19ClN2O2S/c1-9-2-5-12(6-3-9)7-4-11-15(13,14)8-10/h9,11H,2-8H2,1H3. The van der Waals surface area contributed by atoms with E-state index in [-0.39, 0.29) is 5.21 Å². The quantitative estimate of drug-likeness (QED) is 0.740. The Morgan fingerprint density at radius 1 is 1.40 bits per heavy atom. The Labute approximate surface area is 97.0 Å². The van der Waals surface area contributed by atoms with Crippen molar-refractivity contribution in [2.75, 3.05) is 31.4 Å². The van der Waals surface area contributed by atoms with Crippen LogP contribution in [0, 0.1) is 5.92 Å². The van der Waals surface area contributed by atoms with Crippen LogP contribution in [0.25, 0.3) is 0 Å². The van der Waals surface area contributed by atoms with Gasteiger partial charge in [-0.2, -0.15) is 0 Å². The predicted molar refractivity (Wildman–Crippen MR) is 62.5 cm³/mol. The van der Waals surface area contributed by atoms with Crippen molar-refractivity contribution in [2.45, 2.75) is 19.8 Å². The summed E-state index contributed by atoms with van der Waals surface area (Å²) in [6.07, 6.45) is 2.42. The molecule has 1 rings (SSSR count). The molecule has 1 heterocycles. The largest absolute Gasteiger partial charge is 0.302 e. The summed E-state index contributed by atoms with van der Waals surface area (Å²) in [5.74, 6) is 0.806. The third kappa shape index (κ3) is 5.15. The minimum atomic E-state index is -3.24. The van der Waals surface area contributed by atoms with Gasteiger partial charge in [-0.15, -0.1) is 11.6 Å². The Hall–Kier alpha value is 0.160. The molecule has 4 nitrogen and oxygen atoms in total. The van der Waals surface area contributed by atoms with Crippen LogP contribution in [-0.4, -0.2) is 44.7 Å². The molecule has 0 radical (unpaired) electrons. The molecule has 0 bridgehead atoms. The van der Waals surface area contributed by atoms with Crippen molar-refractivity contribution in [1.82, 2.24) is 9.62 Å². The van der Waals surface area contributed by atoms with Crippen molar-refractivity contribution in [3.05, 3.63) is 0 Å². The molecule has 0 atom stereocenters. The average molecular weight is 255 g/mol. The van der Waals surface area contributed by atoms with Crippen LogP contribution in [0.5, 0.6) is 0 Å². The minimum Gasteiger partial charge on any atom is -0.302 e. The number of nitrogens with zero attached hydrogens (tertiary/aromatic N) is 1. The minimum absolute atomic E-state index is 0.357. The molecule has 1 saturated heterocycles. The molecule has 1 aliphatic rings. The Balaban J connectivity index is 2.16. The third-order valence-electron chi connectivity index (χ3n) is 2.77. The van der Waals surface area contributed by atoms with E-state index in [9.17, 15) is 8.42 Å². The molecule has 1 N–H and O–H groups in total. The number of hydrogen-bond acceptors (Lipinski definition) is 3. The number of likely N-dealkylation sites (tertiary alicyclic amines) is 1. The average Bonchev–Trinajstić information content (AvgIpc) is 2.21. The Bertz CT molecular complexity index is 274. The number of piperidine rings is 1. The number of nitrogens with one attached hydrogen (secondary N) is 1. The van der Waals surface area contributed by atoms with Gasteiger partial charge >= 0.3 is 0 Å². The van der Waals surface area contributed by atoms with Crippen LogP contribution in [0.4, 0.5) is 0 Å². The molecule has 0 aromatic heterocycles. The molecular formula is C9H19ClN2O2S. The number of rotatable bonds is 5. The van der Waals surface area contributed by atoms with Crippen LogP contribution >= 0.6 is 11.6 Å². The summed E-state index contributed by atoms with van der Waals surface area (Å²) < 4.78 is 24.5. The van der Waals surface area contributed by atoms with E-state index in [0.29, 0.717) is 6.54 Å². The fourth-order valence-electron chi connectivity index (χ4n) is 1.68. The molecule has 1 aliphatic heterocycles. The SMILES string of the molecule is CC1CCN(CCNS(=O)(=O)CCl)CC1. The van der Waals surface area contributed by atoms with Crippen LogP contribution in [0.1, 0.15) is 19.8 Å². The fraction of sp³-hybridized carbons (Fsp3) is 1.00. The Morgan fingerprint density at radius 3 is 2.53 bits per heavy atom. The van der Waals surface area contributed by atoms with Crippen LogP contribution in [0.2, 0.25) is 0 Å². The van der Waals surface area contributed by atoms with Crippen LogP contribution in [-0.2, 0) is 10.0 Å². The molecule has 0 aromatic carbocycles. The monoisotopic (exact) mass is 254 g/mol. The second-order valence-electron chi connectivity index (χ2n) is 4.14. The van der Waals surface area contributed by atoms with Crippen molar-refractivity contribution in [3.63, 3.8) is 0 Å². The first-order valence-corrected chi connectivity index (χ1v) is 7.48. The van der Waals surface area contributed by atoms with Gasteiger partial charge in [0.2, 0.25) is 10.0 Å². The fourth-order valence-corrected chi connectivity index (χ4v) is 2.39. The zero-order valence-electron chi connectivity index (χ0n) is 9.08. The summed E-state index contributed by atoms with van der Waals surface area (Å²) in [5, 5.41) is -0.357. The topological polar surface area (TPSA) is 49.4 Å². The maximum Gasteiger partial charge on any atom is 0.225 e. The first-order valence-electron chi connectivity index (χ1n) is 5.29. The number of halogens is 1. The van der Waals surface area contributed by atoms with E-state index < -0.39 is 10.0 Å². The van der Waals surface area contributed by atoms with Crippen molar-refractivity contribution in [3.8, 4) is 0 Å². The van der Waals surface area contributed by atoms with Gasteiger partial charge in [-0.3, -0.25) is 0 Å². The van der Waals surface area contributed by atoms with E-state index in [2.05, 4.69) is 16.5 Å². The molecule has 0 spiro atoms. The lowest BCUT2D eigenvalue weighted by molar-refractivity contribution is 0.195. The van der Waals surface area contributed by atoms with Crippen molar-refractivity contribution < 1.29 is 8.42 Å². The van der Waals surface area contributed by atoms with Gasteiger partial charge in [0.05, 0.1) is 0 Å². The number of alkyl halides is 1. The zero-order chi connectivity index (χ0) is 11.3. The summed E-state index contributed by atoms with van der Waals surface area (Å²) in [6.45, 7) is 5.65. The summed E-state index contributed by atoms with van der Waals surface area (Å²) in [4.78, 5) is 2.29. The van der Waals surface area contributed by atoms with E-state index in [1.54, 1.807) is 0 Å². The van der Waals surface area contributed by atoms with Crippen LogP contribution < -0.4 is 4.72 Å². The third-order valence-corrected chi connectivity index (χ3v) is 4.56. The van der Waals surface area contributed by atoms with Gasteiger partial charge in [-0.05, 0) is 31.8 Å². The molecule has 0 saturated carbocycles.